The predicted octanol–water partition coefficient (Wildman–Crippen LogP) is 2.29. The van der Waals surface area contributed by atoms with E-state index in [4.69, 9.17) is 0 Å². The highest BCUT2D eigenvalue weighted by Gasteiger charge is 2.02. The van der Waals surface area contributed by atoms with Crippen LogP contribution in [0.4, 0.5) is 0 Å². The number of hydrogen-bond donors (Lipinski definition) is 0. The van der Waals surface area contributed by atoms with E-state index < -0.39 is 0 Å². The van der Waals surface area contributed by atoms with Crippen LogP contribution in [0.1, 0.15) is 19.3 Å². The minimum absolute atomic E-state index is 0.730. The van der Waals surface area contributed by atoms with Crippen molar-refractivity contribution in [2.24, 2.45) is 0 Å². The van der Waals surface area contributed by atoms with E-state index in [1.54, 1.807) is 0 Å². The van der Waals surface area contributed by atoms with Crippen molar-refractivity contribution in [2.75, 3.05) is 0 Å². The van der Waals surface area contributed by atoms with Gasteiger partial charge in [-0.05, 0) is 25.3 Å². The Morgan fingerprint density at radius 1 is 1.71 bits per heavy atom. The SMILES string of the molecule is BrC1CC=[C]CC1. The first-order valence-electron chi connectivity index (χ1n) is 2.59. The molecule has 0 N–H and O–H groups in total. The molecule has 0 bridgehead atoms. The maximum atomic E-state index is 3.52. The van der Waals surface area contributed by atoms with E-state index in [9.17, 15) is 0 Å². The molecule has 0 amide bonds. The van der Waals surface area contributed by atoms with Gasteiger partial charge < -0.3 is 0 Å². The fraction of sp³-hybridized carbons (Fsp3) is 0.667. The smallest absolute Gasteiger partial charge is 0.0183 e. The van der Waals surface area contributed by atoms with Crippen LogP contribution >= 0.6 is 15.9 Å². The van der Waals surface area contributed by atoms with Crippen molar-refractivity contribution >= 4 is 15.9 Å². The van der Waals surface area contributed by atoms with Gasteiger partial charge in [-0.1, -0.05) is 22.0 Å². The largest absolute Gasteiger partial charge is 0.0887 e. The minimum Gasteiger partial charge on any atom is -0.0887 e. The van der Waals surface area contributed by atoms with Gasteiger partial charge in [0.1, 0.15) is 0 Å². The zero-order valence-corrected chi connectivity index (χ0v) is 5.74. The third kappa shape index (κ3) is 1.64. The van der Waals surface area contributed by atoms with Gasteiger partial charge in [0.15, 0.2) is 0 Å². The summed E-state index contributed by atoms with van der Waals surface area (Å²) in [6.45, 7) is 0. The molecule has 0 aromatic carbocycles. The Bertz CT molecular complexity index is 76.2. The van der Waals surface area contributed by atoms with Crippen LogP contribution in [0.3, 0.4) is 0 Å². The normalized spacial score (nSPS) is 30.7. The lowest BCUT2D eigenvalue weighted by Gasteiger charge is -2.07. The molecule has 0 aromatic heterocycles. The Labute approximate surface area is 52.7 Å². The van der Waals surface area contributed by atoms with Crippen LogP contribution in [0.25, 0.3) is 0 Å². The van der Waals surface area contributed by atoms with E-state index in [0.717, 1.165) is 11.2 Å². The Hall–Kier alpha value is 0.220. The maximum absolute atomic E-state index is 3.52. The van der Waals surface area contributed by atoms with E-state index in [1.165, 1.54) is 12.8 Å². The summed E-state index contributed by atoms with van der Waals surface area (Å²) in [5, 5.41) is 0. The van der Waals surface area contributed by atoms with Crippen molar-refractivity contribution in [3.63, 3.8) is 0 Å². The standard InChI is InChI=1S/C6H8Br/c7-6-4-2-1-3-5-6/h2,6H,3-5H2. The summed E-state index contributed by atoms with van der Waals surface area (Å²) in [6.07, 6.45) is 8.84. The molecule has 0 nitrogen and oxygen atoms in total. The minimum atomic E-state index is 0.730. The Morgan fingerprint density at radius 3 is 2.86 bits per heavy atom. The summed E-state index contributed by atoms with van der Waals surface area (Å²) in [5.41, 5.74) is 0. The molecule has 1 atom stereocenters. The zero-order chi connectivity index (χ0) is 5.11. The molecule has 1 unspecified atom stereocenters. The van der Waals surface area contributed by atoms with Crippen LogP contribution in [-0.2, 0) is 0 Å². The molecule has 1 rings (SSSR count). The van der Waals surface area contributed by atoms with Crippen LogP contribution < -0.4 is 0 Å². The van der Waals surface area contributed by atoms with Crippen molar-refractivity contribution < 1.29 is 0 Å². The summed E-state index contributed by atoms with van der Waals surface area (Å²) in [6, 6.07) is 0. The topological polar surface area (TPSA) is 0 Å². The molecule has 1 radical (unpaired) electrons. The third-order valence-electron chi connectivity index (χ3n) is 1.12. The highest BCUT2D eigenvalue weighted by atomic mass is 79.9. The second kappa shape index (κ2) is 2.51. The number of allylic oxidation sites excluding steroid dienone is 2. The molecular formula is C6H8Br. The fourth-order valence-electron chi connectivity index (χ4n) is 0.671. The summed E-state index contributed by atoms with van der Waals surface area (Å²) in [4.78, 5) is 0.730. The number of hydrogen-bond acceptors (Lipinski definition) is 0. The van der Waals surface area contributed by atoms with E-state index in [-0.39, 0.29) is 0 Å². The van der Waals surface area contributed by atoms with Crippen LogP contribution in [0.2, 0.25) is 0 Å². The third-order valence-corrected chi connectivity index (χ3v) is 1.95. The molecule has 39 valence electrons. The van der Waals surface area contributed by atoms with E-state index >= 15 is 0 Å². The highest BCUT2D eigenvalue weighted by Crippen LogP contribution is 2.16. The highest BCUT2D eigenvalue weighted by molar-refractivity contribution is 9.09. The van der Waals surface area contributed by atoms with E-state index in [2.05, 4.69) is 28.1 Å². The van der Waals surface area contributed by atoms with E-state index in [0.29, 0.717) is 0 Å². The maximum Gasteiger partial charge on any atom is 0.0183 e. The molecule has 0 heterocycles. The van der Waals surface area contributed by atoms with Gasteiger partial charge in [-0.15, -0.1) is 0 Å². The lowest BCUT2D eigenvalue weighted by molar-refractivity contribution is 0.746. The summed E-state index contributed by atoms with van der Waals surface area (Å²) in [5.74, 6) is 0. The average Bonchev–Trinajstić information content (AvgIpc) is 1.69. The molecular weight excluding hydrogens is 152 g/mol. The molecule has 0 aliphatic heterocycles. The molecule has 1 aliphatic rings. The van der Waals surface area contributed by atoms with Crippen molar-refractivity contribution in [1.29, 1.82) is 0 Å². The zero-order valence-electron chi connectivity index (χ0n) is 4.15. The van der Waals surface area contributed by atoms with Crippen molar-refractivity contribution in [3.05, 3.63) is 12.2 Å². The predicted molar refractivity (Wildman–Crippen MR) is 34.4 cm³/mol. The van der Waals surface area contributed by atoms with Crippen LogP contribution in [-0.4, -0.2) is 4.83 Å². The Balaban J connectivity index is 2.32. The molecule has 7 heavy (non-hydrogen) atoms. The van der Waals surface area contributed by atoms with Crippen LogP contribution in [0.15, 0.2) is 6.08 Å². The molecule has 0 saturated carbocycles. The van der Waals surface area contributed by atoms with Crippen LogP contribution in [0, 0.1) is 6.08 Å². The number of rotatable bonds is 0. The van der Waals surface area contributed by atoms with Gasteiger partial charge >= 0.3 is 0 Å². The molecule has 0 aromatic rings. The fourth-order valence-corrected chi connectivity index (χ4v) is 1.09. The first-order chi connectivity index (χ1) is 3.39. The Morgan fingerprint density at radius 2 is 2.57 bits per heavy atom. The van der Waals surface area contributed by atoms with Crippen molar-refractivity contribution in [1.82, 2.24) is 0 Å². The van der Waals surface area contributed by atoms with Gasteiger partial charge in [0, 0.05) is 4.83 Å². The quantitative estimate of drug-likeness (QED) is 0.477. The average molecular weight is 160 g/mol. The van der Waals surface area contributed by atoms with Crippen molar-refractivity contribution in [2.45, 2.75) is 24.1 Å². The number of alkyl halides is 1. The lowest BCUT2D eigenvalue weighted by atomic mass is 10.1. The molecule has 1 aliphatic carbocycles. The van der Waals surface area contributed by atoms with Gasteiger partial charge in [0.2, 0.25) is 0 Å². The number of halogens is 1. The summed E-state index contributed by atoms with van der Waals surface area (Å²) in [7, 11) is 0. The first-order valence-corrected chi connectivity index (χ1v) is 3.50. The second-order valence-electron chi connectivity index (χ2n) is 1.78. The van der Waals surface area contributed by atoms with Crippen molar-refractivity contribution in [3.8, 4) is 0 Å². The molecule has 0 spiro atoms. The first kappa shape index (κ1) is 5.36. The molecule has 0 fully saturated rings. The van der Waals surface area contributed by atoms with Gasteiger partial charge in [-0.3, -0.25) is 0 Å². The molecule has 0 saturated heterocycles. The monoisotopic (exact) mass is 159 g/mol. The van der Waals surface area contributed by atoms with Gasteiger partial charge in [0.05, 0.1) is 0 Å². The second-order valence-corrected chi connectivity index (χ2v) is 3.07. The molecule has 1 heteroatoms. The lowest BCUT2D eigenvalue weighted by Crippen LogP contribution is -1.98. The van der Waals surface area contributed by atoms with E-state index in [1.807, 2.05) is 0 Å². The Kier molecular flexibility index (Phi) is 1.92. The van der Waals surface area contributed by atoms with Crippen LogP contribution in [0.5, 0.6) is 0 Å². The van der Waals surface area contributed by atoms with Gasteiger partial charge in [-0.25, -0.2) is 0 Å². The summed E-state index contributed by atoms with van der Waals surface area (Å²) < 4.78 is 0. The summed E-state index contributed by atoms with van der Waals surface area (Å²) >= 11 is 3.52. The van der Waals surface area contributed by atoms with Gasteiger partial charge in [0.25, 0.3) is 0 Å². The van der Waals surface area contributed by atoms with Gasteiger partial charge in [-0.2, -0.15) is 0 Å².